The van der Waals surface area contributed by atoms with Gasteiger partial charge in [-0.1, -0.05) is 49.6 Å². The second kappa shape index (κ2) is 9.37. The summed E-state index contributed by atoms with van der Waals surface area (Å²) in [5.41, 5.74) is 2.94. The van der Waals surface area contributed by atoms with E-state index in [0.29, 0.717) is 16.8 Å². The first-order valence-corrected chi connectivity index (χ1v) is 13.2. The molecule has 0 aliphatic heterocycles. The lowest BCUT2D eigenvalue weighted by molar-refractivity contribution is 0.437. The van der Waals surface area contributed by atoms with Gasteiger partial charge >= 0.3 is 0 Å². The Morgan fingerprint density at radius 3 is 2.57 bits per heavy atom. The highest BCUT2D eigenvalue weighted by Crippen LogP contribution is 2.37. The van der Waals surface area contributed by atoms with Gasteiger partial charge in [0.2, 0.25) is 5.95 Å². The molecule has 4 aromatic rings. The molecule has 0 radical (unpaired) electrons. The summed E-state index contributed by atoms with van der Waals surface area (Å²) >= 11 is 0. The lowest BCUT2D eigenvalue weighted by atomic mass is 9.81. The van der Waals surface area contributed by atoms with E-state index in [0.717, 1.165) is 24.5 Å². The van der Waals surface area contributed by atoms with Crippen LogP contribution in [0.15, 0.2) is 65.7 Å². The first-order chi connectivity index (χ1) is 16.8. The van der Waals surface area contributed by atoms with E-state index in [1.807, 2.05) is 13.0 Å². The molecule has 1 N–H and O–H groups in total. The average Bonchev–Trinajstić information content (AvgIpc) is 3.26. The number of nitrogens with one attached hydrogen (secondary N) is 1. The lowest BCUT2D eigenvalue weighted by Crippen LogP contribution is -2.16. The number of benzene rings is 2. The van der Waals surface area contributed by atoms with Crippen molar-refractivity contribution >= 4 is 26.7 Å². The molecule has 35 heavy (non-hydrogen) atoms. The summed E-state index contributed by atoms with van der Waals surface area (Å²) in [6, 6.07) is 14.3. The van der Waals surface area contributed by atoms with Crippen LogP contribution in [0.4, 0.5) is 14.6 Å². The monoisotopic (exact) mass is 496 g/mol. The third-order valence-electron chi connectivity index (χ3n) is 6.75. The quantitative estimate of drug-likeness (QED) is 0.324. The van der Waals surface area contributed by atoms with Crippen LogP contribution in [0.3, 0.4) is 0 Å². The molecule has 2 aromatic heterocycles. The molecule has 2 heterocycles. The highest BCUT2D eigenvalue weighted by Gasteiger charge is 2.25. The second-order valence-electron chi connectivity index (χ2n) is 9.02. The molecule has 0 amide bonds. The molecule has 1 atom stereocenters. The van der Waals surface area contributed by atoms with Crippen LogP contribution in [0.25, 0.3) is 10.9 Å². The minimum atomic E-state index is -4.33. The zero-order valence-corrected chi connectivity index (χ0v) is 20.1. The fourth-order valence-corrected chi connectivity index (χ4v) is 6.12. The number of fused-ring (bicyclic) bond motifs is 1. The van der Waals surface area contributed by atoms with Crippen molar-refractivity contribution in [3.63, 3.8) is 0 Å². The van der Waals surface area contributed by atoms with Crippen LogP contribution in [0.5, 0.6) is 0 Å². The third-order valence-corrected chi connectivity index (χ3v) is 8.12. The topological polar surface area (TPSA) is 76.9 Å². The molecule has 9 heteroatoms. The molecule has 0 spiro atoms. The van der Waals surface area contributed by atoms with Crippen LogP contribution >= 0.6 is 0 Å². The summed E-state index contributed by atoms with van der Waals surface area (Å²) in [5.74, 6) is -1.49. The predicted octanol–water partition coefficient (Wildman–Crippen LogP) is 6.17. The van der Waals surface area contributed by atoms with Gasteiger partial charge < -0.3 is 0 Å². The Hall–Kier alpha value is -3.33. The molecule has 182 valence electrons. The SMILES string of the molecule is C[C@H](c1ccccc1C1CCCCC1)n1ncc2cc(S(=O)(=O)Nc3cccc(F)n3)c(F)cc21. The molecule has 2 aromatic carbocycles. The Labute approximate surface area is 203 Å². The van der Waals surface area contributed by atoms with Gasteiger partial charge in [-0.3, -0.25) is 9.40 Å². The molecule has 0 saturated heterocycles. The number of aromatic nitrogens is 3. The van der Waals surface area contributed by atoms with E-state index in [2.05, 4.69) is 33.0 Å². The van der Waals surface area contributed by atoms with Crippen LogP contribution in [0.2, 0.25) is 0 Å². The lowest BCUT2D eigenvalue weighted by Gasteiger charge is -2.27. The number of nitrogens with zero attached hydrogens (tertiary/aromatic N) is 3. The average molecular weight is 497 g/mol. The maximum absolute atomic E-state index is 15.1. The number of hydrogen-bond donors (Lipinski definition) is 1. The third kappa shape index (κ3) is 4.65. The number of anilines is 1. The zero-order chi connectivity index (χ0) is 24.6. The van der Waals surface area contributed by atoms with Crippen LogP contribution in [0, 0.1) is 11.8 Å². The fraction of sp³-hybridized carbons (Fsp3) is 0.308. The van der Waals surface area contributed by atoms with Gasteiger partial charge in [-0.05, 0) is 55.0 Å². The highest BCUT2D eigenvalue weighted by atomic mass is 32.2. The van der Waals surface area contributed by atoms with Gasteiger partial charge in [0.25, 0.3) is 10.0 Å². The largest absolute Gasteiger partial charge is 0.265 e. The number of rotatable bonds is 6. The molecule has 1 saturated carbocycles. The van der Waals surface area contributed by atoms with E-state index in [1.165, 1.54) is 55.3 Å². The van der Waals surface area contributed by atoms with E-state index in [9.17, 15) is 12.8 Å². The van der Waals surface area contributed by atoms with E-state index in [4.69, 9.17) is 0 Å². The molecule has 6 nitrogen and oxygen atoms in total. The van der Waals surface area contributed by atoms with Crippen molar-refractivity contribution in [3.8, 4) is 0 Å². The summed E-state index contributed by atoms with van der Waals surface area (Å²) in [6.07, 6.45) is 7.57. The summed E-state index contributed by atoms with van der Waals surface area (Å²) in [6.45, 7) is 2.02. The van der Waals surface area contributed by atoms with E-state index in [1.54, 1.807) is 4.68 Å². The van der Waals surface area contributed by atoms with E-state index < -0.39 is 26.7 Å². The van der Waals surface area contributed by atoms with Crippen molar-refractivity contribution in [2.24, 2.45) is 0 Å². The van der Waals surface area contributed by atoms with Crippen molar-refractivity contribution in [2.75, 3.05) is 4.72 Å². The van der Waals surface area contributed by atoms with Gasteiger partial charge in [0, 0.05) is 11.5 Å². The standard InChI is InChI=1S/C26H26F2N4O2S/c1-17(20-10-5-6-11-21(20)18-8-3-2-4-9-18)32-23-15-22(27)24(14-19(23)16-29-32)35(33,34)31-26-13-7-12-25(28)30-26/h5-7,10-18H,2-4,8-9H2,1H3,(H,30,31)/t17-/m1/s1. The minimum absolute atomic E-state index is 0.165. The Morgan fingerprint density at radius 1 is 1.03 bits per heavy atom. The van der Waals surface area contributed by atoms with Crippen LogP contribution < -0.4 is 4.72 Å². The van der Waals surface area contributed by atoms with Gasteiger partial charge in [-0.15, -0.1) is 0 Å². The van der Waals surface area contributed by atoms with Crippen molar-refractivity contribution in [1.82, 2.24) is 14.8 Å². The molecule has 1 fully saturated rings. The predicted molar refractivity (Wildman–Crippen MR) is 131 cm³/mol. The molecule has 0 unspecified atom stereocenters. The summed E-state index contributed by atoms with van der Waals surface area (Å²) in [4.78, 5) is 2.94. The maximum atomic E-state index is 15.1. The molecule has 1 aliphatic rings. The first-order valence-electron chi connectivity index (χ1n) is 11.7. The van der Waals surface area contributed by atoms with Crippen molar-refractivity contribution in [2.45, 2.75) is 55.9 Å². The smallest absolute Gasteiger partial charge is 0.263 e. The Morgan fingerprint density at radius 2 is 1.80 bits per heavy atom. The molecular weight excluding hydrogens is 470 g/mol. The molecular formula is C26H26F2N4O2S. The summed E-state index contributed by atoms with van der Waals surface area (Å²) in [5, 5.41) is 4.98. The zero-order valence-electron chi connectivity index (χ0n) is 19.3. The van der Waals surface area contributed by atoms with Crippen molar-refractivity contribution in [1.29, 1.82) is 0 Å². The summed E-state index contributed by atoms with van der Waals surface area (Å²) in [7, 11) is -4.33. The van der Waals surface area contributed by atoms with Gasteiger partial charge in [-0.2, -0.15) is 9.49 Å². The highest BCUT2D eigenvalue weighted by molar-refractivity contribution is 7.92. The first kappa shape index (κ1) is 23.4. The van der Waals surface area contributed by atoms with Crippen molar-refractivity contribution < 1.29 is 17.2 Å². The Balaban J connectivity index is 1.50. The Kier molecular flexibility index (Phi) is 6.27. The molecule has 5 rings (SSSR count). The number of hydrogen-bond acceptors (Lipinski definition) is 4. The van der Waals surface area contributed by atoms with Crippen molar-refractivity contribution in [3.05, 3.63) is 83.7 Å². The minimum Gasteiger partial charge on any atom is -0.263 e. The van der Waals surface area contributed by atoms with Crippen LogP contribution in [-0.2, 0) is 10.0 Å². The Bertz CT molecular complexity index is 1480. The van der Waals surface area contributed by atoms with Gasteiger partial charge in [0.05, 0.1) is 17.8 Å². The number of pyridine rings is 1. The van der Waals surface area contributed by atoms with E-state index in [-0.39, 0.29) is 11.9 Å². The van der Waals surface area contributed by atoms with E-state index >= 15 is 4.39 Å². The normalized spacial score (nSPS) is 15.9. The van der Waals surface area contributed by atoms with Crippen LogP contribution in [-0.4, -0.2) is 23.2 Å². The van der Waals surface area contributed by atoms with Gasteiger partial charge in [-0.25, -0.2) is 17.8 Å². The second-order valence-corrected chi connectivity index (χ2v) is 10.7. The van der Waals surface area contributed by atoms with Crippen LogP contribution in [0.1, 0.15) is 62.1 Å². The molecule has 1 aliphatic carbocycles. The fourth-order valence-electron chi connectivity index (χ4n) is 5.03. The number of halogens is 2. The number of sulfonamides is 1. The molecule has 0 bridgehead atoms. The summed E-state index contributed by atoms with van der Waals surface area (Å²) < 4.78 is 58.0. The maximum Gasteiger partial charge on any atom is 0.265 e. The van der Waals surface area contributed by atoms with Gasteiger partial charge in [0.1, 0.15) is 16.5 Å². The van der Waals surface area contributed by atoms with Gasteiger partial charge in [0.15, 0.2) is 0 Å².